The molecule has 2 amide bonds. The third kappa shape index (κ3) is 5.10. The van der Waals surface area contributed by atoms with Crippen LogP contribution >= 0.6 is 0 Å². The predicted molar refractivity (Wildman–Crippen MR) is 96.7 cm³/mol. The Morgan fingerprint density at radius 1 is 1.11 bits per heavy atom. The van der Waals surface area contributed by atoms with Gasteiger partial charge in [-0.05, 0) is 48.7 Å². The number of anilines is 1. The fraction of sp³-hybridized carbons (Fsp3) is 0.300. The topological polar surface area (TPSA) is 67.4 Å². The van der Waals surface area contributed by atoms with Crippen molar-refractivity contribution < 1.29 is 27.5 Å². The number of alkyl halides is 3. The van der Waals surface area contributed by atoms with Gasteiger partial charge in [-0.15, -0.1) is 0 Å². The summed E-state index contributed by atoms with van der Waals surface area (Å²) < 4.78 is 43.0. The normalized spacial score (nSPS) is 16.6. The molecule has 1 fully saturated rings. The summed E-state index contributed by atoms with van der Waals surface area (Å²) in [4.78, 5) is 24.4. The van der Waals surface area contributed by atoms with Gasteiger partial charge >= 0.3 is 6.18 Å². The minimum absolute atomic E-state index is 0.0868. The highest BCUT2D eigenvalue weighted by atomic mass is 19.4. The van der Waals surface area contributed by atoms with Gasteiger partial charge < -0.3 is 15.4 Å². The molecule has 0 aromatic heterocycles. The molecule has 1 atom stereocenters. The molecule has 3 rings (SSSR count). The Hall–Kier alpha value is -2.87. The van der Waals surface area contributed by atoms with Crippen LogP contribution < -0.4 is 10.6 Å². The second-order valence-electron chi connectivity index (χ2n) is 6.45. The summed E-state index contributed by atoms with van der Waals surface area (Å²) in [6, 6.07) is 11.0. The van der Waals surface area contributed by atoms with Crippen molar-refractivity contribution in [2.45, 2.75) is 31.7 Å². The summed E-state index contributed by atoms with van der Waals surface area (Å²) in [7, 11) is 0. The summed E-state index contributed by atoms with van der Waals surface area (Å²) in [5.41, 5.74) is 0.612. The molecule has 0 bridgehead atoms. The Balaban J connectivity index is 1.57. The van der Waals surface area contributed by atoms with Crippen LogP contribution in [0.15, 0.2) is 48.5 Å². The van der Waals surface area contributed by atoms with Crippen LogP contribution in [0.3, 0.4) is 0 Å². The number of benzene rings is 2. The molecule has 8 heteroatoms. The highest BCUT2D eigenvalue weighted by Crippen LogP contribution is 2.29. The lowest BCUT2D eigenvalue weighted by molar-refractivity contribution is -0.137. The van der Waals surface area contributed by atoms with E-state index in [0.29, 0.717) is 29.8 Å². The van der Waals surface area contributed by atoms with Crippen molar-refractivity contribution in [2.75, 3.05) is 11.9 Å². The number of amides is 2. The van der Waals surface area contributed by atoms with Gasteiger partial charge in [-0.2, -0.15) is 13.2 Å². The van der Waals surface area contributed by atoms with Crippen LogP contribution in [0.25, 0.3) is 0 Å². The van der Waals surface area contributed by atoms with E-state index in [-0.39, 0.29) is 12.5 Å². The Bertz CT molecular complexity index is 845. The molecule has 0 radical (unpaired) electrons. The van der Waals surface area contributed by atoms with Crippen molar-refractivity contribution in [1.29, 1.82) is 0 Å². The third-order valence-corrected chi connectivity index (χ3v) is 4.35. The molecule has 2 N–H and O–H groups in total. The maximum absolute atomic E-state index is 12.6. The molecular formula is C20H19F3N2O3. The molecule has 0 aliphatic carbocycles. The fourth-order valence-corrected chi connectivity index (χ4v) is 2.84. The second-order valence-corrected chi connectivity index (χ2v) is 6.45. The SMILES string of the molecule is O=C(NCc1ccc(C(F)(F)F)cc1)c1cccc(NC(=O)C2CCCO2)c1. The van der Waals surface area contributed by atoms with E-state index in [0.717, 1.165) is 18.6 Å². The average molecular weight is 392 g/mol. The average Bonchev–Trinajstić information content (AvgIpc) is 3.21. The Morgan fingerprint density at radius 3 is 2.50 bits per heavy atom. The third-order valence-electron chi connectivity index (χ3n) is 4.35. The van der Waals surface area contributed by atoms with Crippen LogP contribution in [0.1, 0.15) is 34.3 Å². The van der Waals surface area contributed by atoms with Crippen LogP contribution in [0.5, 0.6) is 0 Å². The molecule has 28 heavy (non-hydrogen) atoms. The van der Waals surface area contributed by atoms with Gasteiger partial charge in [0.2, 0.25) is 0 Å². The highest BCUT2D eigenvalue weighted by Gasteiger charge is 2.30. The first kappa shape index (κ1) is 19.9. The van der Waals surface area contributed by atoms with E-state index >= 15 is 0 Å². The summed E-state index contributed by atoms with van der Waals surface area (Å²) in [6.45, 7) is 0.647. The number of hydrogen-bond acceptors (Lipinski definition) is 3. The number of rotatable bonds is 5. The first-order valence-corrected chi connectivity index (χ1v) is 8.80. The number of carbonyl (C=O) groups is 2. The van der Waals surface area contributed by atoms with Crippen molar-refractivity contribution in [3.63, 3.8) is 0 Å². The van der Waals surface area contributed by atoms with Gasteiger partial charge in [0, 0.05) is 24.4 Å². The summed E-state index contributed by atoms with van der Waals surface area (Å²) in [5.74, 6) is -0.645. The van der Waals surface area contributed by atoms with E-state index in [4.69, 9.17) is 4.74 Å². The number of hydrogen-bond donors (Lipinski definition) is 2. The van der Waals surface area contributed by atoms with Gasteiger partial charge in [0.05, 0.1) is 5.56 Å². The van der Waals surface area contributed by atoms with Crippen LogP contribution in [0.2, 0.25) is 0 Å². The molecule has 0 spiro atoms. The number of nitrogens with one attached hydrogen (secondary N) is 2. The maximum Gasteiger partial charge on any atom is 0.416 e. The Labute approximate surface area is 159 Å². The van der Waals surface area contributed by atoms with E-state index in [1.807, 2.05) is 0 Å². The monoisotopic (exact) mass is 392 g/mol. The zero-order chi connectivity index (χ0) is 20.1. The number of halogens is 3. The number of ether oxygens (including phenoxy) is 1. The van der Waals surface area contributed by atoms with Gasteiger partial charge in [-0.25, -0.2) is 0 Å². The Morgan fingerprint density at radius 2 is 1.86 bits per heavy atom. The zero-order valence-electron chi connectivity index (χ0n) is 14.9. The molecular weight excluding hydrogens is 373 g/mol. The molecule has 5 nitrogen and oxygen atoms in total. The smallest absolute Gasteiger partial charge is 0.368 e. The molecule has 148 valence electrons. The maximum atomic E-state index is 12.6. The minimum Gasteiger partial charge on any atom is -0.368 e. The van der Waals surface area contributed by atoms with E-state index in [1.165, 1.54) is 18.2 Å². The zero-order valence-corrected chi connectivity index (χ0v) is 14.9. The lowest BCUT2D eigenvalue weighted by Crippen LogP contribution is -2.27. The minimum atomic E-state index is -4.39. The largest absolute Gasteiger partial charge is 0.416 e. The summed E-state index contributed by atoms with van der Waals surface area (Å²) >= 11 is 0. The van der Waals surface area contributed by atoms with E-state index in [9.17, 15) is 22.8 Å². The highest BCUT2D eigenvalue weighted by molar-refractivity contribution is 5.98. The summed E-state index contributed by atoms with van der Waals surface area (Å²) in [5, 5.41) is 5.37. The van der Waals surface area contributed by atoms with E-state index in [2.05, 4.69) is 10.6 Å². The molecule has 1 heterocycles. The Kier molecular flexibility index (Phi) is 5.99. The molecule has 1 aliphatic rings. The fourth-order valence-electron chi connectivity index (χ4n) is 2.84. The predicted octanol–water partition coefficient (Wildman–Crippen LogP) is 3.75. The lowest BCUT2D eigenvalue weighted by atomic mass is 10.1. The van der Waals surface area contributed by atoms with Crippen LogP contribution in [0.4, 0.5) is 18.9 Å². The molecule has 2 aromatic carbocycles. The first-order valence-electron chi connectivity index (χ1n) is 8.80. The van der Waals surface area contributed by atoms with Crippen molar-refractivity contribution >= 4 is 17.5 Å². The van der Waals surface area contributed by atoms with Crippen molar-refractivity contribution in [3.05, 3.63) is 65.2 Å². The molecule has 1 unspecified atom stereocenters. The number of carbonyl (C=O) groups excluding carboxylic acids is 2. The van der Waals surface area contributed by atoms with Crippen molar-refractivity contribution in [2.24, 2.45) is 0 Å². The van der Waals surface area contributed by atoms with Crippen molar-refractivity contribution in [1.82, 2.24) is 5.32 Å². The van der Waals surface area contributed by atoms with Gasteiger partial charge in [0.1, 0.15) is 6.10 Å². The van der Waals surface area contributed by atoms with Crippen LogP contribution in [0, 0.1) is 0 Å². The van der Waals surface area contributed by atoms with Crippen molar-refractivity contribution in [3.8, 4) is 0 Å². The van der Waals surface area contributed by atoms with E-state index < -0.39 is 23.8 Å². The van der Waals surface area contributed by atoms with Gasteiger partial charge in [0.15, 0.2) is 0 Å². The lowest BCUT2D eigenvalue weighted by Gasteiger charge is -2.12. The molecule has 2 aromatic rings. The van der Waals surface area contributed by atoms with Gasteiger partial charge in [0.25, 0.3) is 11.8 Å². The van der Waals surface area contributed by atoms with Crippen LogP contribution in [-0.4, -0.2) is 24.5 Å². The molecule has 1 saturated heterocycles. The summed E-state index contributed by atoms with van der Waals surface area (Å²) in [6.07, 6.45) is -3.36. The first-order chi connectivity index (χ1) is 13.3. The van der Waals surface area contributed by atoms with Gasteiger partial charge in [-0.1, -0.05) is 18.2 Å². The van der Waals surface area contributed by atoms with E-state index in [1.54, 1.807) is 18.2 Å². The van der Waals surface area contributed by atoms with Crippen LogP contribution in [-0.2, 0) is 22.3 Å². The molecule has 0 saturated carbocycles. The van der Waals surface area contributed by atoms with Gasteiger partial charge in [-0.3, -0.25) is 9.59 Å². The second kappa shape index (κ2) is 8.43. The molecule has 1 aliphatic heterocycles. The standard InChI is InChI=1S/C20H19F3N2O3/c21-20(22,23)15-8-6-13(7-9-15)12-24-18(26)14-3-1-4-16(11-14)25-19(27)17-5-2-10-28-17/h1,3-4,6-9,11,17H,2,5,10,12H2,(H,24,26)(H,25,27). The quantitative estimate of drug-likeness (QED) is 0.814.